The zero-order valence-electron chi connectivity index (χ0n) is 11.7. The van der Waals surface area contributed by atoms with E-state index in [0.717, 1.165) is 17.8 Å². The highest BCUT2D eigenvalue weighted by molar-refractivity contribution is 8.00. The Morgan fingerprint density at radius 2 is 2.17 bits per heavy atom. The van der Waals surface area contributed by atoms with Crippen molar-refractivity contribution < 1.29 is 9.18 Å². The van der Waals surface area contributed by atoms with Gasteiger partial charge in [-0.1, -0.05) is 11.8 Å². The van der Waals surface area contributed by atoms with Gasteiger partial charge in [0.15, 0.2) is 5.65 Å². The second kappa shape index (κ2) is 6.08. The third-order valence-corrected chi connectivity index (χ3v) is 3.85. The van der Waals surface area contributed by atoms with Crippen molar-refractivity contribution in [2.75, 3.05) is 22.5 Å². The van der Waals surface area contributed by atoms with Crippen LogP contribution in [0.1, 0.15) is 0 Å². The third-order valence-electron chi connectivity index (χ3n) is 2.88. The van der Waals surface area contributed by atoms with E-state index in [9.17, 15) is 9.18 Å². The molecule has 3 rings (SSSR count). The van der Waals surface area contributed by atoms with Gasteiger partial charge in [0, 0.05) is 5.69 Å². The number of imidazole rings is 1. The predicted molar refractivity (Wildman–Crippen MR) is 86.3 cm³/mol. The van der Waals surface area contributed by atoms with Gasteiger partial charge in [-0.25, -0.2) is 14.4 Å². The van der Waals surface area contributed by atoms with E-state index >= 15 is 0 Å². The number of aromatic nitrogens is 4. The summed E-state index contributed by atoms with van der Waals surface area (Å²) >= 11 is 1.14. The Morgan fingerprint density at radius 3 is 2.96 bits per heavy atom. The number of nitrogens with two attached hydrogens (primary N) is 2. The molecule has 3 aromatic rings. The molecule has 1 aromatic carbocycles. The quantitative estimate of drug-likeness (QED) is 0.322. The van der Waals surface area contributed by atoms with E-state index in [0.29, 0.717) is 16.2 Å². The molecular formula is C13H12FN7OS. The van der Waals surface area contributed by atoms with Gasteiger partial charge in [-0.2, -0.15) is 4.98 Å². The van der Waals surface area contributed by atoms with Gasteiger partial charge in [0.05, 0.1) is 17.8 Å². The number of nitrogen functional groups attached to an aromatic ring is 2. The van der Waals surface area contributed by atoms with Crippen molar-refractivity contribution in [3.63, 3.8) is 0 Å². The van der Waals surface area contributed by atoms with Crippen LogP contribution in [0.15, 0.2) is 29.6 Å². The van der Waals surface area contributed by atoms with Crippen LogP contribution in [-0.4, -0.2) is 31.6 Å². The van der Waals surface area contributed by atoms with Crippen molar-refractivity contribution in [2.45, 2.75) is 5.03 Å². The first-order valence-corrected chi connectivity index (χ1v) is 7.46. The first kappa shape index (κ1) is 15.0. The Kier molecular flexibility index (Phi) is 3.98. The maximum absolute atomic E-state index is 13.6. The molecule has 118 valence electrons. The number of nitrogens with one attached hydrogen (secondary N) is 2. The Hall–Kier alpha value is -2.88. The zero-order valence-corrected chi connectivity index (χ0v) is 12.5. The van der Waals surface area contributed by atoms with Crippen molar-refractivity contribution in [3.8, 4) is 0 Å². The number of hydrogen-bond donors (Lipinski definition) is 4. The smallest absolute Gasteiger partial charge is 0.234 e. The number of aromatic amines is 1. The van der Waals surface area contributed by atoms with Gasteiger partial charge in [0.25, 0.3) is 0 Å². The van der Waals surface area contributed by atoms with E-state index in [1.165, 1.54) is 18.5 Å². The fraction of sp³-hybridized carbons (Fsp3) is 0.0769. The lowest BCUT2D eigenvalue weighted by Gasteiger charge is -2.07. The molecule has 0 atom stereocenters. The molecule has 10 heteroatoms. The lowest BCUT2D eigenvalue weighted by molar-refractivity contribution is -0.113. The summed E-state index contributed by atoms with van der Waals surface area (Å²) in [5, 5.41) is 2.97. The molecule has 0 fully saturated rings. The minimum Gasteiger partial charge on any atom is -0.399 e. The Bertz CT molecular complexity index is 882. The molecule has 2 heterocycles. The molecule has 0 radical (unpaired) electrons. The minimum atomic E-state index is -0.592. The fourth-order valence-electron chi connectivity index (χ4n) is 1.88. The highest BCUT2D eigenvalue weighted by Crippen LogP contribution is 2.24. The number of thioether (sulfide) groups is 1. The van der Waals surface area contributed by atoms with Gasteiger partial charge < -0.3 is 21.8 Å². The zero-order chi connectivity index (χ0) is 16.4. The standard InChI is InChI=1S/C13H12FN7OS/c14-7-3-6(15)1-2-8(7)19-9(22)4-23-12-10-11(18-5-17-10)20-13(16)21-12/h1-3,5H,4,15H2,(H,19,22)(H3,16,17,18,20,21). The van der Waals surface area contributed by atoms with E-state index in [1.54, 1.807) is 0 Å². The van der Waals surface area contributed by atoms with Crippen LogP contribution in [0.4, 0.5) is 21.7 Å². The van der Waals surface area contributed by atoms with E-state index in [-0.39, 0.29) is 29.0 Å². The van der Waals surface area contributed by atoms with Crippen molar-refractivity contribution in [1.82, 2.24) is 19.9 Å². The van der Waals surface area contributed by atoms with Crippen molar-refractivity contribution >= 4 is 46.2 Å². The van der Waals surface area contributed by atoms with Gasteiger partial charge in [-0.3, -0.25) is 4.79 Å². The third kappa shape index (κ3) is 3.31. The predicted octanol–water partition coefficient (Wildman–Crippen LogP) is 1.39. The number of H-pyrrole nitrogens is 1. The fourth-order valence-corrected chi connectivity index (χ4v) is 2.67. The number of carbonyl (C=O) groups is 1. The van der Waals surface area contributed by atoms with Crippen LogP contribution in [0.2, 0.25) is 0 Å². The molecule has 0 saturated carbocycles. The summed E-state index contributed by atoms with van der Waals surface area (Å²) < 4.78 is 13.6. The SMILES string of the molecule is Nc1ccc(NC(=O)CSc2nc(N)nc3nc[nH]c23)c(F)c1. The van der Waals surface area contributed by atoms with Gasteiger partial charge in [-0.15, -0.1) is 0 Å². The molecular weight excluding hydrogens is 321 g/mol. The summed E-state index contributed by atoms with van der Waals surface area (Å²) in [6.45, 7) is 0. The van der Waals surface area contributed by atoms with Crippen molar-refractivity contribution in [2.24, 2.45) is 0 Å². The number of halogens is 1. The number of fused-ring (bicyclic) bond motifs is 1. The van der Waals surface area contributed by atoms with Crippen molar-refractivity contribution in [3.05, 3.63) is 30.3 Å². The van der Waals surface area contributed by atoms with E-state index < -0.39 is 5.82 Å². The average molecular weight is 333 g/mol. The molecule has 1 amide bonds. The number of amides is 1. The minimum absolute atomic E-state index is 0.0222. The largest absolute Gasteiger partial charge is 0.399 e. The molecule has 0 unspecified atom stereocenters. The summed E-state index contributed by atoms with van der Waals surface area (Å²) in [4.78, 5) is 26.9. The summed E-state index contributed by atoms with van der Waals surface area (Å²) in [5.41, 5.74) is 12.4. The van der Waals surface area contributed by atoms with Gasteiger partial charge >= 0.3 is 0 Å². The summed E-state index contributed by atoms with van der Waals surface area (Å²) in [6, 6.07) is 4.05. The van der Waals surface area contributed by atoms with E-state index in [1.807, 2.05) is 0 Å². The van der Waals surface area contributed by atoms with Crippen LogP contribution in [-0.2, 0) is 4.79 Å². The maximum Gasteiger partial charge on any atom is 0.234 e. The first-order valence-electron chi connectivity index (χ1n) is 6.47. The summed E-state index contributed by atoms with van der Waals surface area (Å²) in [6.07, 6.45) is 1.46. The molecule has 2 aromatic heterocycles. The van der Waals surface area contributed by atoms with Gasteiger partial charge in [0.2, 0.25) is 11.9 Å². The molecule has 0 aliphatic heterocycles. The summed E-state index contributed by atoms with van der Waals surface area (Å²) in [7, 11) is 0. The summed E-state index contributed by atoms with van der Waals surface area (Å²) in [5.74, 6) is -0.889. The topological polar surface area (TPSA) is 136 Å². The van der Waals surface area contributed by atoms with Crippen LogP contribution in [0.3, 0.4) is 0 Å². The Balaban J connectivity index is 1.69. The number of nitrogens with zero attached hydrogens (tertiary/aromatic N) is 3. The number of benzene rings is 1. The molecule has 0 aliphatic carbocycles. The van der Waals surface area contributed by atoms with Crippen LogP contribution in [0, 0.1) is 5.82 Å². The number of hydrogen-bond acceptors (Lipinski definition) is 7. The van der Waals surface area contributed by atoms with Crippen molar-refractivity contribution in [1.29, 1.82) is 0 Å². The van der Waals surface area contributed by atoms with E-state index in [2.05, 4.69) is 25.3 Å². The lowest BCUT2D eigenvalue weighted by Crippen LogP contribution is -2.15. The normalized spacial score (nSPS) is 10.8. The van der Waals surface area contributed by atoms with Crippen LogP contribution >= 0.6 is 11.8 Å². The second-order valence-electron chi connectivity index (χ2n) is 4.56. The molecule has 8 nitrogen and oxygen atoms in total. The first-order chi connectivity index (χ1) is 11.0. The van der Waals surface area contributed by atoms with Crippen LogP contribution < -0.4 is 16.8 Å². The van der Waals surface area contributed by atoms with Crippen LogP contribution in [0.5, 0.6) is 0 Å². The lowest BCUT2D eigenvalue weighted by atomic mass is 10.2. The average Bonchev–Trinajstić information content (AvgIpc) is 2.96. The van der Waals surface area contributed by atoms with Crippen LogP contribution in [0.25, 0.3) is 11.2 Å². The van der Waals surface area contributed by atoms with E-state index in [4.69, 9.17) is 11.5 Å². The number of carbonyl (C=O) groups excluding carboxylic acids is 1. The monoisotopic (exact) mass is 333 g/mol. The molecule has 0 saturated heterocycles. The molecule has 6 N–H and O–H groups in total. The Morgan fingerprint density at radius 1 is 1.35 bits per heavy atom. The highest BCUT2D eigenvalue weighted by atomic mass is 32.2. The highest BCUT2D eigenvalue weighted by Gasteiger charge is 2.12. The molecule has 0 bridgehead atoms. The molecule has 0 spiro atoms. The molecule has 23 heavy (non-hydrogen) atoms. The number of rotatable bonds is 4. The van der Waals surface area contributed by atoms with Gasteiger partial charge in [-0.05, 0) is 18.2 Å². The molecule has 0 aliphatic rings. The second-order valence-corrected chi connectivity index (χ2v) is 5.53. The Labute approximate surface area is 133 Å². The van der Waals surface area contributed by atoms with Gasteiger partial charge in [0.1, 0.15) is 16.4 Å². The number of anilines is 3. The maximum atomic E-state index is 13.6.